The van der Waals surface area contributed by atoms with E-state index in [2.05, 4.69) is 20.6 Å². The zero-order valence-corrected chi connectivity index (χ0v) is 15.6. The van der Waals surface area contributed by atoms with Crippen LogP contribution >= 0.6 is 12.2 Å². The molecule has 1 unspecified atom stereocenters. The molecule has 2 aromatic carbocycles. The summed E-state index contributed by atoms with van der Waals surface area (Å²) < 4.78 is 0.129. The van der Waals surface area contributed by atoms with Crippen LogP contribution in [-0.4, -0.2) is 21.7 Å². The molecule has 1 aliphatic carbocycles. The van der Waals surface area contributed by atoms with Gasteiger partial charge in [-0.15, -0.1) is 0 Å². The van der Waals surface area contributed by atoms with E-state index < -0.39 is 16.9 Å². The van der Waals surface area contributed by atoms with E-state index in [9.17, 15) is 14.4 Å². The number of amides is 1. The first kappa shape index (κ1) is 16.2. The molecule has 1 amide bonds. The quantitative estimate of drug-likeness (QED) is 0.434. The largest absolute Gasteiger partial charge is 0.340 e. The van der Waals surface area contributed by atoms with Crippen molar-refractivity contribution < 1.29 is 9.59 Å². The highest BCUT2D eigenvalue weighted by Crippen LogP contribution is 2.55. The number of H-pyrrole nitrogens is 2. The van der Waals surface area contributed by atoms with E-state index in [0.29, 0.717) is 33.9 Å². The van der Waals surface area contributed by atoms with Gasteiger partial charge < -0.3 is 15.6 Å². The fourth-order valence-electron chi connectivity index (χ4n) is 4.71. The number of carbonyl (C=O) groups is 2. The summed E-state index contributed by atoms with van der Waals surface area (Å²) in [6.45, 7) is 0. The van der Waals surface area contributed by atoms with Crippen molar-refractivity contribution in [3.05, 3.63) is 91.5 Å². The van der Waals surface area contributed by atoms with E-state index >= 15 is 0 Å². The van der Waals surface area contributed by atoms with E-state index in [0.717, 1.165) is 0 Å². The Labute approximate surface area is 168 Å². The van der Waals surface area contributed by atoms with Gasteiger partial charge in [-0.25, -0.2) is 0 Å². The van der Waals surface area contributed by atoms with Gasteiger partial charge in [0.1, 0.15) is 11.2 Å². The summed E-state index contributed by atoms with van der Waals surface area (Å²) in [6.07, 6.45) is 0. The number of aromatic nitrogens is 2. The molecular weight excluding hydrogens is 388 g/mol. The van der Waals surface area contributed by atoms with E-state index in [1.165, 1.54) is 0 Å². The average molecular weight is 400 g/mol. The van der Waals surface area contributed by atoms with Crippen LogP contribution in [0.5, 0.6) is 0 Å². The summed E-state index contributed by atoms with van der Waals surface area (Å²) in [4.78, 5) is 45.6. The molecule has 3 aromatic rings. The van der Waals surface area contributed by atoms with E-state index in [-0.39, 0.29) is 21.7 Å². The Morgan fingerprint density at radius 1 is 0.828 bits per heavy atom. The monoisotopic (exact) mass is 400 g/mol. The predicted octanol–water partition coefficient (Wildman–Crippen LogP) is 2.70. The van der Waals surface area contributed by atoms with Crippen molar-refractivity contribution in [3.63, 3.8) is 0 Å². The van der Waals surface area contributed by atoms with E-state index in [1.807, 2.05) is 12.1 Å². The summed E-state index contributed by atoms with van der Waals surface area (Å²) in [5, 5.41) is 6.02. The molecule has 1 spiro atoms. The molecule has 3 aliphatic rings. The van der Waals surface area contributed by atoms with Crippen LogP contribution in [0.1, 0.15) is 27.0 Å². The highest BCUT2D eigenvalue weighted by molar-refractivity contribution is 7.71. The van der Waals surface area contributed by atoms with Crippen molar-refractivity contribution in [2.24, 2.45) is 0 Å². The molecule has 0 saturated heterocycles. The predicted molar refractivity (Wildman–Crippen MR) is 109 cm³/mol. The van der Waals surface area contributed by atoms with Gasteiger partial charge in [0.2, 0.25) is 5.91 Å². The summed E-state index contributed by atoms with van der Waals surface area (Å²) in [7, 11) is 0. The first-order chi connectivity index (χ1) is 14.0. The third kappa shape index (κ3) is 1.77. The number of rotatable bonds is 0. The van der Waals surface area contributed by atoms with E-state index in [1.54, 1.807) is 36.4 Å². The lowest BCUT2D eigenvalue weighted by Gasteiger charge is -2.34. The van der Waals surface area contributed by atoms with Crippen LogP contribution in [0.4, 0.5) is 11.5 Å². The van der Waals surface area contributed by atoms with Crippen molar-refractivity contribution in [3.8, 4) is 0 Å². The van der Waals surface area contributed by atoms with Gasteiger partial charge in [-0.2, -0.15) is 0 Å². The molecule has 0 radical (unpaired) electrons. The van der Waals surface area contributed by atoms with Crippen molar-refractivity contribution in [1.82, 2.24) is 9.97 Å². The molecular formula is C21H12N4O3S. The van der Waals surface area contributed by atoms with Gasteiger partial charge in [-0.05, 0) is 18.3 Å². The lowest BCUT2D eigenvalue weighted by Crippen LogP contribution is -2.47. The summed E-state index contributed by atoms with van der Waals surface area (Å²) in [5.41, 5.74) is 1.13. The normalized spacial score (nSPS) is 20.7. The number of benzene rings is 2. The number of carbonyl (C=O) groups excluding carboxylic acids is 2. The van der Waals surface area contributed by atoms with Gasteiger partial charge in [0.15, 0.2) is 10.6 Å². The molecule has 6 rings (SSSR count). The molecule has 0 saturated carbocycles. The molecule has 8 heteroatoms. The van der Waals surface area contributed by atoms with Gasteiger partial charge in [0.05, 0.1) is 11.3 Å². The summed E-state index contributed by atoms with van der Waals surface area (Å²) in [6, 6.07) is 14.3. The third-order valence-electron chi connectivity index (χ3n) is 5.78. The fourth-order valence-corrected chi connectivity index (χ4v) is 4.91. The second-order valence-corrected chi connectivity index (χ2v) is 7.57. The van der Waals surface area contributed by atoms with Crippen LogP contribution in [0, 0.1) is 4.77 Å². The van der Waals surface area contributed by atoms with Crippen LogP contribution in [0.2, 0.25) is 0 Å². The minimum absolute atomic E-state index is 0.129. The smallest absolute Gasteiger partial charge is 0.258 e. The summed E-state index contributed by atoms with van der Waals surface area (Å²) >= 11 is 5.14. The van der Waals surface area contributed by atoms with Crippen LogP contribution in [0.15, 0.2) is 58.9 Å². The number of fused-ring (bicyclic) bond motifs is 7. The van der Waals surface area contributed by atoms with Gasteiger partial charge >= 0.3 is 0 Å². The SMILES string of the molecule is O=C1C2=C(Nc3[nH]c(=S)[nH]c(=O)c3C23C(=O)Nc2ccccc23)c2ccccc21. The fraction of sp³-hybridized carbons (Fsp3) is 0.0476. The number of para-hydroxylation sites is 1. The molecule has 0 fully saturated rings. The average Bonchev–Trinajstić information content (AvgIpc) is 3.15. The molecule has 2 aliphatic heterocycles. The number of aromatic amines is 2. The molecule has 4 N–H and O–H groups in total. The zero-order chi connectivity index (χ0) is 19.9. The Bertz CT molecular complexity index is 1450. The molecule has 0 bridgehead atoms. The van der Waals surface area contributed by atoms with Crippen LogP contribution in [-0.2, 0) is 10.2 Å². The highest BCUT2D eigenvalue weighted by Gasteiger charge is 2.60. The number of anilines is 2. The Morgan fingerprint density at radius 3 is 2.38 bits per heavy atom. The first-order valence-electron chi connectivity index (χ1n) is 8.97. The molecule has 140 valence electrons. The van der Waals surface area contributed by atoms with Gasteiger partial charge in [-0.1, -0.05) is 42.5 Å². The summed E-state index contributed by atoms with van der Waals surface area (Å²) in [5.74, 6) is -0.401. The maximum atomic E-state index is 13.5. The molecule has 1 atom stereocenters. The number of hydrogen-bond acceptors (Lipinski definition) is 5. The molecule has 7 nitrogen and oxygen atoms in total. The Balaban J connectivity index is 1.83. The number of ketones is 1. The maximum Gasteiger partial charge on any atom is 0.258 e. The van der Waals surface area contributed by atoms with Crippen molar-refractivity contribution in [2.75, 3.05) is 10.6 Å². The second kappa shape index (κ2) is 5.18. The topological polar surface area (TPSA) is 107 Å². The van der Waals surface area contributed by atoms with Gasteiger partial charge in [-0.3, -0.25) is 19.4 Å². The third-order valence-corrected chi connectivity index (χ3v) is 5.98. The number of nitrogens with one attached hydrogen (secondary N) is 4. The molecule has 1 aromatic heterocycles. The second-order valence-electron chi connectivity index (χ2n) is 7.16. The maximum absolute atomic E-state index is 13.5. The lowest BCUT2D eigenvalue weighted by atomic mass is 9.67. The van der Waals surface area contributed by atoms with Crippen LogP contribution in [0.3, 0.4) is 0 Å². The minimum atomic E-state index is -1.57. The van der Waals surface area contributed by atoms with Crippen molar-refractivity contribution in [1.29, 1.82) is 0 Å². The zero-order valence-electron chi connectivity index (χ0n) is 14.8. The lowest BCUT2D eigenvalue weighted by molar-refractivity contribution is -0.118. The number of Topliss-reactive ketones (excluding diaryl/α,β-unsaturated/α-hetero) is 1. The number of hydrogen-bond donors (Lipinski definition) is 4. The minimum Gasteiger partial charge on any atom is -0.340 e. The Kier molecular flexibility index (Phi) is 2.89. The first-order valence-corrected chi connectivity index (χ1v) is 9.38. The molecule has 3 heterocycles. The van der Waals surface area contributed by atoms with E-state index in [4.69, 9.17) is 12.2 Å². The van der Waals surface area contributed by atoms with Crippen LogP contribution in [0.25, 0.3) is 5.70 Å². The van der Waals surface area contributed by atoms with Crippen molar-refractivity contribution in [2.45, 2.75) is 5.41 Å². The standard InChI is InChI=1S/C21H12N4O3S/c26-16-10-6-2-1-5-9(10)15-13(16)21(11-7-3-4-8-12(11)22-19(21)28)14-17(23-15)24-20(29)25-18(14)27/h1-8H,(H,22,28)(H3,23,24,25,27,29). The van der Waals surface area contributed by atoms with Gasteiger partial charge in [0.25, 0.3) is 5.56 Å². The highest BCUT2D eigenvalue weighted by atomic mass is 32.1. The molecule has 29 heavy (non-hydrogen) atoms. The van der Waals surface area contributed by atoms with Gasteiger partial charge in [0, 0.05) is 28.0 Å². The van der Waals surface area contributed by atoms with Crippen molar-refractivity contribution >= 4 is 41.1 Å². The Hall–Kier alpha value is -3.78. The van der Waals surface area contributed by atoms with Crippen LogP contribution < -0.4 is 16.2 Å². The Morgan fingerprint density at radius 2 is 1.55 bits per heavy atom.